The van der Waals surface area contributed by atoms with Gasteiger partial charge >= 0.3 is 0 Å². The van der Waals surface area contributed by atoms with Crippen LogP contribution in [0.3, 0.4) is 0 Å². The summed E-state index contributed by atoms with van der Waals surface area (Å²) in [5.41, 5.74) is 1.68. The van der Waals surface area contributed by atoms with Gasteiger partial charge in [-0.2, -0.15) is 0 Å². The maximum Gasteiger partial charge on any atom is 0.258 e. The second kappa shape index (κ2) is 9.19. The summed E-state index contributed by atoms with van der Waals surface area (Å²) in [6.07, 6.45) is 0. The number of amides is 2. The van der Waals surface area contributed by atoms with Gasteiger partial charge in [-0.1, -0.05) is 23.7 Å². The zero-order valence-electron chi connectivity index (χ0n) is 15.3. The van der Waals surface area contributed by atoms with Crippen LogP contribution >= 0.6 is 11.6 Å². The second-order valence-electron chi connectivity index (χ2n) is 6.08. The first kappa shape index (κ1) is 20.5. The molecule has 0 heterocycles. The van der Waals surface area contributed by atoms with Crippen LogP contribution in [0.1, 0.15) is 42.7 Å². The molecule has 2 rings (SSSR count). The second-order valence-corrected chi connectivity index (χ2v) is 6.52. The molecule has 1 atom stereocenters. The normalized spacial score (nSPS) is 11.4. The van der Waals surface area contributed by atoms with Crippen LogP contribution in [0.25, 0.3) is 0 Å². The van der Waals surface area contributed by atoms with Crippen LogP contribution in [0.4, 0.5) is 5.69 Å². The predicted molar refractivity (Wildman–Crippen MR) is 104 cm³/mol. The van der Waals surface area contributed by atoms with Crippen molar-refractivity contribution >= 4 is 34.9 Å². The average molecular weight is 389 g/mol. The number of hydrogen-bond acceptors (Lipinski definition) is 4. The van der Waals surface area contributed by atoms with Gasteiger partial charge in [-0.15, -0.1) is 0 Å². The number of nitrogens with one attached hydrogen (secondary N) is 2. The number of carbonyl (C=O) groups is 3. The molecule has 2 amide bonds. The standard InChI is InChI=1S/C20H21ClN2O4/c1-12(15-5-4-6-17(21)9-15)22-20(26)11-27-19-10-16(13(2)24)7-8-18(19)23-14(3)25/h4-10,12H,11H2,1-3H3,(H,22,26)(H,23,25). The summed E-state index contributed by atoms with van der Waals surface area (Å²) in [7, 11) is 0. The SMILES string of the molecule is CC(=O)Nc1ccc(C(C)=O)cc1OCC(=O)NC(C)c1cccc(Cl)c1. The first-order valence-corrected chi connectivity index (χ1v) is 8.74. The average Bonchev–Trinajstić information content (AvgIpc) is 2.60. The van der Waals surface area contributed by atoms with Gasteiger partial charge in [-0.3, -0.25) is 14.4 Å². The van der Waals surface area contributed by atoms with Crippen molar-refractivity contribution in [1.82, 2.24) is 5.32 Å². The number of ether oxygens (including phenoxy) is 1. The first-order chi connectivity index (χ1) is 12.8. The van der Waals surface area contributed by atoms with Gasteiger partial charge in [-0.05, 0) is 49.7 Å². The molecule has 142 valence electrons. The van der Waals surface area contributed by atoms with E-state index >= 15 is 0 Å². The minimum absolute atomic E-state index is 0.145. The van der Waals surface area contributed by atoms with Crippen LogP contribution in [-0.2, 0) is 9.59 Å². The third kappa shape index (κ3) is 6.11. The van der Waals surface area contributed by atoms with E-state index in [0.29, 0.717) is 16.3 Å². The fourth-order valence-electron chi connectivity index (χ4n) is 2.44. The molecule has 2 N–H and O–H groups in total. The summed E-state index contributed by atoms with van der Waals surface area (Å²) in [6, 6.07) is 11.6. The number of carbonyl (C=O) groups excluding carboxylic acids is 3. The predicted octanol–water partition coefficient (Wildman–Crippen LogP) is 3.76. The van der Waals surface area contributed by atoms with E-state index in [1.807, 2.05) is 19.1 Å². The molecule has 0 aromatic heterocycles. The molecule has 6 nitrogen and oxygen atoms in total. The number of hydrogen-bond donors (Lipinski definition) is 2. The van der Waals surface area contributed by atoms with E-state index in [9.17, 15) is 14.4 Å². The van der Waals surface area contributed by atoms with Crippen LogP contribution in [0.2, 0.25) is 5.02 Å². The highest BCUT2D eigenvalue weighted by Gasteiger charge is 2.13. The summed E-state index contributed by atoms with van der Waals surface area (Å²) >= 11 is 5.97. The summed E-state index contributed by atoms with van der Waals surface area (Å²) < 4.78 is 5.55. The molecule has 7 heteroatoms. The molecule has 1 unspecified atom stereocenters. The molecule has 0 fully saturated rings. The highest BCUT2D eigenvalue weighted by atomic mass is 35.5. The molecule has 0 radical (unpaired) electrons. The van der Waals surface area contributed by atoms with Crippen molar-refractivity contribution in [2.45, 2.75) is 26.8 Å². The van der Waals surface area contributed by atoms with E-state index in [1.54, 1.807) is 24.3 Å². The lowest BCUT2D eigenvalue weighted by atomic mass is 10.1. The zero-order valence-corrected chi connectivity index (χ0v) is 16.1. The van der Waals surface area contributed by atoms with Crippen LogP contribution in [0.5, 0.6) is 5.75 Å². The Morgan fingerprint density at radius 3 is 2.48 bits per heavy atom. The number of ketones is 1. The van der Waals surface area contributed by atoms with Gasteiger partial charge in [0.25, 0.3) is 5.91 Å². The Hall–Kier alpha value is -2.86. The van der Waals surface area contributed by atoms with E-state index in [4.69, 9.17) is 16.3 Å². The van der Waals surface area contributed by atoms with E-state index in [0.717, 1.165) is 5.56 Å². The van der Waals surface area contributed by atoms with Crippen molar-refractivity contribution in [3.8, 4) is 5.75 Å². The van der Waals surface area contributed by atoms with Crippen molar-refractivity contribution in [2.75, 3.05) is 11.9 Å². The summed E-state index contributed by atoms with van der Waals surface area (Å²) in [5, 5.41) is 6.02. The van der Waals surface area contributed by atoms with Gasteiger partial charge in [0.1, 0.15) is 5.75 Å². The zero-order chi connectivity index (χ0) is 20.0. The highest BCUT2D eigenvalue weighted by molar-refractivity contribution is 6.30. The van der Waals surface area contributed by atoms with Crippen molar-refractivity contribution in [3.63, 3.8) is 0 Å². The molecule has 0 bridgehead atoms. The lowest BCUT2D eigenvalue weighted by molar-refractivity contribution is -0.123. The number of Topliss-reactive ketones (excluding diaryl/α,β-unsaturated/α-hetero) is 1. The van der Waals surface area contributed by atoms with Crippen LogP contribution in [-0.4, -0.2) is 24.2 Å². The summed E-state index contributed by atoms with van der Waals surface area (Å²) in [6.45, 7) is 4.36. The van der Waals surface area contributed by atoms with Crippen molar-refractivity contribution in [1.29, 1.82) is 0 Å². The van der Waals surface area contributed by atoms with Crippen molar-refractivity contribution in [2.24, 2.45) is 0 Å². The molecule has 0 spiro atoms. The minimum atomic E-state index is -0.343. The molecule has 27 heavy (non-hydrogen) atoms. The molecule has 0 aliphatic rings. The lowest BCUT2D eigenvalue weighted by Crippen LogP contribution is -2.31. The molecule has 0 saturated carbocycles. The van der Waals surface area contributed by atoms with Crippen molar-refractivity contribution < 1.29 is 19.1 Å². The molecular formula is C20H21ClN2O4. The van der Waals surface area contributed by atoms with E-state index in [-0.39, 0.29) is 36.0 Å². The van der Waals surface area contributed by atoms with Gasteiger partial charge in [0.05, 0.1) is 11.7 Å². The van der Waals surface area contributed by atoms with Gasteiger partial charge in [0.15, 0.2) is 12.4 Å². The third-order valence-corrected chi connectivity index (χ3v) is 4.02. The minimum Gasteiger partial charge on any atom is -0.482 e. The number of halogens is 1. The quantitative estimate of drug-likeness (QED) is 0.707. The monoisotopic (exact) mass is 388 g/mol. The highest BCUT2D eigenvalue weighted by Crippen LogP contribution is 2.26. The Kier molecular flexibility index (Phi) is 6.96. The first-order valence-electron chi connectivity index (χ1n) is 8.36. The van der Waals surface area contributed by atoms with Crippen LogP contribution < -0.4 is 15.4 Å². The van der Waals surface area contributed by atoms with E-state index in [2.05, 4.69) is 10.6 Å². The Balaban J connectivity index is 2.05. The third-order valence-electron chi connectivity index (χ3n) is 3.78. The largest absolute Gasteiger partial charge is 0.482 e. The van der Waals surface area contributed by atoms with Gasteiger partial charge in [0, 0.05) is 17.5 Å². The van der Waals surface area contributed by atoms with Crippen LogP contribution in [0, 0.1) is 0 Å². The Morgan fingerprint density at radius 2 is 1.85 bits per heavy atom. The Morgan fingerprint density at radius 1 is 1.11 bits per heavy atom. The lowest BCUT2D eigenvalue weighted by Gasteiger charge is -2.16. The smallest absolute Gasteiger partial charge is 0.258 e. The van der Waals surface area contributed by atoms with Gasteiger partial charge < -0.3 is 15.4 Å². The summed E-state index contributed by atoms with van der Waals surface area (Å²) in [5.74, 6) is -0.518. The van der Waals surface area contributed by atoms with Gasteiger partial charge in [-0.25, -0.2) is 0 Å². The molecular weight excluding hydrogens is 368 g/mol. The molecule has 2 aromatic rings. The van der Waals surface area contributed by atoms with Crippen LogP contribution in [0.15, 0.2) is 42.5 Å². The number of rotatable bonds is 7. The number of anilines is 1. The summed E-state index contributed by atoms with van der Waals surface area (Å²) in [4.78, 5) is 35.1. The fourth-order valence-corrected chi connectivity index (χ4v) is 2.64. The molecule has 0 aliphatic heterocycles. The number of benzene rings is 2. The van der Waals surface area contributed by atoms with E-state index in [1.165, 1.54) is 19.9 Å². The fraction of sp³-hybridized carbons (Fsp3) is 0.250. The van der Waals surface area contributed by atoms with Gasteiger partial charge in [0.2, 0.25) is 5.91 Å². The Bertz CT molecular complexity index is 867. The molecule has 0 aliphatic carbocycles. The topological polar surface area (TPSA) is 84.5 Å². The maximum absolute atomic E-state index is 12.2. The molecule has 2 aromatic carbocycles. The Labute approximate surface area is 162 Å². The molecule has 0 saturated heterocycles. The maximum atomic E-state index is 12.2. The van der Waals surface area contributed by atoms with Crippen molar-refractivity contribution in [3.05, 3.63) is 58.6 Å². The van der Waals surface area contributed by atoms with E-state index < -0.39 is 0 Å².